The number of ether oxygens (including phenoxy) is 1. The zero-order valence-electron chi connectivity index (χ0n) is 14.0. The lowest BCUT2D eigenvalue weighted by Crippen LogP contribution is -1.92. The quantitative estimate of drug-likeness (QED) is 0.735. The summed E-state index contributed by atoms with van der Waals surface area (Å²) in [6.45, 7) is 4.00. The van der Waals surface area contributed by atoms with Crippen LogP contribution in [-0.4, -0.2) is 26.6 Å². The lowest BCUT2D eigenvalue weighted by Gasteiger charge is -1.98. The van der Waals surface area contributed by atoms with E-state index < -0.39 is 0 Å². The lowest BCUT2D eigenvalue weighted by molar-refractivity contribution is 0.397. The van der Waals surface area contributed by atoms with E-state index >= 15 is 0 Å². The van der Waals surface area contributed by atoms with Gasteiger partial charge in [0.2, 0.25) is 5.88 Å². The van der Waals surface area contributed by atoms with Gasteiger partial charge in [0.15, 0.2) is 5.82 Å². The third-order valence-corrected chi connectivity index (χ3v) is 2.57. The Bertz CT molecular complexity index is 682. The minimum absolute atomic E-state index is 0.542. The van der Waals surface area contributed by atoms with Crippen LogP contribution in [0.15, 0.2) is 55.1 Å². The first-order valence-electron chi connectivity index (χ1n) is 7.35. The van der Waals surface area contributed by atoms with Crippen LogP contribution in [0.4, 0.5) is 5.69 Å². The second-order valence-electron chi connectivity index (χ2n) is 4.26. The maximum absolute atomic E-state index is 5.36. The zero-order valence-corrected chi connectivity index (χ0v) is 14.0. The Labute approximate surface area is 137 Å². The molecule has 6 heteroatoms. The van der Waals surface area contributed by atoms with Crippen molar-refractivity contribution < 1.29 is 4.74 Å². The molecule has 0 amide bonds. The molecule has 0 aliphatic heterocycles. The fourth-order valence-electron chi connectivity index (χ4n) is 1.56. The van der Waals surface area contributed by atoms with E-state index in [2.05, 4.69) is 15.0 Å². The normalized spacial score (nSPS) is 9.04. The number of methoxy groups -OCH3 is 1. The van der Waals surface area contributed by atoms with Crippen molar-refractivity contribution in [3.8, 4) is 17.4 Å². The van der Waals surface area contributed by atoms with E-state index in [1.165, 1.54) is 0 Å². The molecule has 0 unspecified atom stereocenters. The topological polar surface area (TPSA) is 78.8 Å². The number of rotatable bonds is 2. The molecule has 2 aromatic heterocycles. The predicted octanol–water partition coefficient (Wildman–Crippen LogP) is 3.18. The monoisotopic (exact) mass is 313 g/mol. The number of hydrogen-bond acceptors (Lipinski definition) is 5. The molecule has 2 N–H and O–H groups in total. The molecule has 0 saturated carbocycles. The summed E-state index contributed by atoms with van der Waals surface area (Å²) in [5.74, 6) is 1.12. The number of nitrogens with zero attached hydrogens (tertiary/aromatic N) is 4. The minimum Gasteiger partial charge on any atom is -0.481 e. The molecule has 0 atom stereocenters. The Balaban J connectivity index is 0.000000247. The van der Waals surface area contributed by atoms with Gasteiger partial charge in [0.25, 0.3) is 0 Å². The van der Waals surface area contributed by atoms with E-state index in [4.69, 9.17) is 10.5 Å². The second-order valence-corrected chi connectivity index (χ2v) is 4.26. The number of hydrogen-bond donors (Lipinski definition) is 1. The maximum atomic E-state index is 5.36. The third-order valence-electron chi connectivity index (χ3n) is 2.57. The van der Waals surface area contributed by atoms with Crippen LogP contribution in [0.2, 0.25) is 0 Å². The Morgan fingerprint density at radius 3 is 2.22 bits per heavy atom. The van der Waals surface area contributed by atoms with E-state index in [9.17, 15) is 0 Å². The van der Waals surface area contributed by atoms with Gasteiger partial charge >= 0.3 is 0 Å². The fraction of sp³-hybridized carbons (Fsp3) is 0.235. The number of benzene rings is 1. The Morgan fingerprint density at radius 1 is 1.04 bits per heavy atom. The van der Waals surface area contributed by atoms with Crippen molar-refractivity contribution in [3.05, 3.63) is 55.1 Å². The van der Waals surface area contributed by atoms with Gasteiger partial charge in [-0.2, -0.15) is 4.98 Å². The SMILES string of the molecule is CC.COc1ccnc(-c2cn(C)cn2)n1.Nc1ccccc1. The molecular formula is C17H23N5O. The van der Waals surface area contributed by atoms with Crippen LogP contribution in [0.1, 0.15) is 13.8 Å². The summed E-state index contributed by atoms with van der Waals surface area (Å²) >= 11 is 0. The molecular weight excluding hydrogens is 290 g/mol. The van der Waals surface area contributed by atoms with E-state index in [0.29, 0.717) is 11.7 Å². The van der Waals surface area contributed by atoms with Crippen molar-refractivity contribution >= 4 is 5.69 Å². The summed E-state index contributed by atoms with van der Waals surface area (Å²) in [7, 11) is 3.47. The third kappa shape index (κ3) is 6.17. The van der Waals surface area contributed by atoms with Gasteiger partial charge in [-0.25, -0.2) is 9.97 Å². The molecule has 0 radical (unpaired) electrons. The standard InChI is InChI=1S/C9H10N4O.C6H7N.C2H6/c1-13-5-7(11-6-13)9-10-4-3-8(12-9)14-2;7-6-4-2-1-3-5-6;1-2/h3-6H,1-2H3;1-5H,7H2;1-2H3. The summed E-state index contributed by atoms with van der Waals surface area (Å²) < 4.78 is 6.84. The van der Waals surface area contributed by atoms with Gasteiger partial charge in [0.05, 0.1) is 13.4 Å². The minimum atomic E-state index is 0.542. The number of nitrogens with two attached hydrogens (primary N) is 1. The highest BCUT2D eigenvalue weighted by Gasteiger charge is 2.04. The molecule has 0 saturated heterocycles. The molecule has 2 heterocycles. The summed E-state index contributed by atoms with van der Waals surface area (Å²) in [4.78, 5) is 12.4. The number of imidazole rings is 1. The van der Waals surface area contributed by atoms with Crippen molar-refractivity contribution in [1.29, 1.82) is 0 Å². The van der Waals surface area contributed by atoms with Crippen LogP contribution in [-0.2, 0) is 7.05 Å². The summed E-state index contributed by atoms with van der Waals surface area (Å²) in [5.41, 5.74) is 6.92. The first-order valence-corrected chi connectivity index (χ1v) is 7.35. The Hall–Kier alpha value is -2.89. The Kier molecular flexibility index (Phi) is 7.85. The van der Waals surface area contributed by atoms with Crippen LogP contribution < -0.4 is 10.5 Å². The number of aromatic nitrogens is 4. The Morgan fingerprint density at radius 2 is 1.74 bits per heavy atom. The van der Waals surface area contributed by atoms with Crippen LogP contribution in [0.5, 0.6) is 5.88 Å². The smallest absolute Gasteiger partial charge is 0.216 e. The van der Waals surface area contributed by atoms with Gasteiger partial charge in [-0.05, 0) is 12.1 Å². The van der Waals surface area contributed by atoms with Crippen LogP contribution in [0, 0.1) is 0 Å². The van der Waals surface area contributed by atoms with Gasteiger partial charge < -0.3 is 15.0 Å². The average Bonchev–Trinajstić information content (AvgIpc) is 3.04. The van der Waals surface area contributed by atoms with Crippen LogP contribution in [0.3, 0.4) is 0 Å². The number of nitrogen functional groups attached to an aromatic ring is 1. The first kappa shape index (κ1) is 18.2. The van der Waals surface area contributed by atoms with Gasteiger partial charge in [-0.15, -0.1) is 0 Å². The number of para-hydroxylation sites is 1. The lowest BCUT2D eigenvalue weighted by atomic mass is 10.3. The molecule has 6 nitrogen and oxygen atoms in total. The van der Waals surface area contributed by atoms with Crippen molar-refractivity contribution in [2.75, 3.05) is 12.8 Å². The van der Waals surface area contributed by atoms with Crippen molar-refractivity contribution in [3.63, 3.8) is 0 Å². The summed E-state index contributed by atoms with van der Waals surface area (Å²) in [6.07, 6.45) is 5.21. The largest absolute Gasteiger partial charge is 0.481 e. The van der Waals surface area contributed by atoms with Gasteiger partial charge in [0, 0.05) is 31.2 Å². The van der Waals surface area contributed by atoms with E-state index in [1.54, 1.807) is 25.7 Å². The van der Waals surface area contributed by atoms with E-state index in [-0.39, 0.29) is 0 Å². The molecule has 122 valence electrons. The molecule has 3 rings (SSSR count). The van der Waals surface area contributed by atoms with Crippen molar-refractivity contribution in [1.82, 2.24) is 19.5 Å². The molecule has 23 heavy (non-hydrogen) atoms. The second kappa shape index (κ2) is 9.94. The van der Waals surface area contributed by atoms with E-state index in [0.717, 1.165) is 11.4 Å². The molecule has 0 bridgehead atoms. The average molecular weight is 313 g/mol. The highest BCUT2D eigenvalue weighted by Crippen LogP contribution is 2.13. The van der Waals surface area contributed by atoms with Crippen molar-refractivity contribution in [2.24, 2.45) is 7.05 Å². The van der Waals surface area contributed by atoms with Gasteiger partial charge in [-0.3, -0.25) is 0 Å². The van der Waals surface area contributed by atoms with Crippen molar-refractivity contribution in [2.45, 2.75) is 13.8 Å². The number of aryl methyl sites for hydroxylation is 1. The summed E-state index contributed by atoms with van der Waals surface area (Å²) in [5, 5.41) is 0. The van der Waals surface area contributed by atoms with Crippen LogP contribution >= 0.6 is 0 Å². The van der Waals surface area contributed by atoms with Gasteiger partial charge in [0.1, 0.15) is 5.69 Å². The molecule has 0 fully saturated rings. The van der Waals surface area contributed by atoms with Crippen LogP contribution in [0.25, 0.3) is 11.5 Å². The van der Waals surface area contributed by atoms with E-state index in [1.807, 2.05) is 62.0 Å². The predicted molar refractivity (Wildman–Crippen MR) is 93.0 cm³/mol. The molecule has 0 aliphatic carbocycles. The highest BCUT2D eigenvalue weighted by atomic mass is 16.5. The van der Waals surface area contributed by atoms with Gasteiger partial charge in [-0.1, -0.05) is 32.0 Å². The molecule has 0 aliphatic rings. The molecule has 3 aromatic rings. The molecule has 0 spiro atoms. The zero-order chi connectivity index (χ0) is 17.1. The number of anilines is 1. The highest BCUT2D eigenvalue weighted by molar-refractivity contribution is 5.47. The summed E-state index contributed by atoms with van der Waals surface area (Å²) in [6, 6.07) is 11.2. The first-order chi connectivity index (χ1) is 11.2. The fourth-order valence-corrected chi connectivity index (χ4v) is 1.56. The maximum Gasteiger partial charge on any atom is 0.216 e. The molecule has 1 aromatic carbocycles.